The maximum atomic E-state index is 12.9. The number of aromatic nitrogens is 4. The summed E-state index contributed by atoms with van der Waals surface area (Å²) in [5.41, 5.74) is 3.13. The number of carbonyl (C=O) groups is 1. The molecule has 2 aromatic heterocycles. The molecule has 0 fully saturated rings. The fraction of sp³-hybridized carbons (Fsp3) is 0.182. The van der Waals surface area contributed by atoms with Crippen molar-refractivity contribution in [2.75, 3.05) is 5.32 Å². The molecule has 1 atom stereocenters. The maximum Gasteiger partial charge on any atom is 0.251 e. The third-order valence-corrected chi connectivity index (χ3v) is 4.60. The Morgan fingerprint density at radius 2 is 1.79 bits per heavy atom. The van der Waals surface area contributed by atoms with Gasteiger partial charge in [-0.1, -0.05) is 32.0 Å². The number of hydrogen-bond acceptors (Lipinski definition) is 5. The van der Waals surface area contributed by atoms with E-state index in [9.17, 15) is 4.79 Å². The second-order valence-corrected chi connectivity index (χ2v) is 7.11. The van der Waals surface area contributed by atoms with Gasteiger partial charge in [-0.3, -0.25) is 4.79 Å². The molecule has 0 saturated carbocycles. The molecule has 0 unspecified atom stereocenters. The summed E-state index contributed by atoms with van der Waals surface area (Å²) < 4.78 is 0. The average molecular weight is 386 g/mol. The van der Waals surface area contributed by atoms with Crippen LogP contribution in [-0.4, -0.2) is 25.8 Å². The van der Waals surface area contributed by atoms with Crippen LogP contribution in [0.15, 0.2) is 67.0 Å². The highest BCUT2D eigenvalue weighted by molar-refractivity contribution is 5.95. The minimum Gasteiger partial charge on any atom is -0.342 e. The number of nitrogens with zero attached hydrogens (tertiary/aromatic N) is 3. The lowest BCUT2D eigenvalue weighted by molar-refractivity contribution is 0.0923. The van der Waals surface area contributed by atoms with E-state index >= 15 is 0 Å². The number of amides is 1. The Balaban J connectivity index is 1.54. The van der Waals surface area contributed by atoms with Crippen LogP contribution in [0.1, 0.15) is 36.1 Å². The van der Waals surface area contributed by atoms with E-state index in [-0.39, 0.29) is 17.9 Å². The lowest BCUT2D eigenvalue weighted by Gasteiger charge is -2.20. The topological polar surface area (TPSA) is 95.6 Å². The van der Waals surface area contributed by atoms with E-state index in [4.69, 9.17) is 0 Å². The van der Waals surface area contributed by atoms with Gasteiger partial charge in [0.1, 0.15) is 5.82 Å². The van der Waals surface area contributed by atoms with Crippen molar-refractivity contribution in [2.24, 2.45) is 5.92 Å². The van der Waals surface area contributed by atoms with Crippen LogP contribution in [0.2, 0.25) is 0 Å². The highest BCUT2D eigenvalue weighted by Gasteiger charge is 2.22. The Morgan fingerprint density at radius 3 is 2.55 bits per heavy atom. The van der Waals surface area contributed by atoms with Crippen LogP contribution < -0.4 is 10.6 Å². The Hall–Kier alpha value is -3.74. The summed E-state index contributed by atoms with van der Waals surface area (Å²) in [4.78, 5) is 29.2. The van der Waals surface area contributed by atoms with Crippen molar-refractivity contribution in [1.29, 1.82) is 0 Å². The predicted octanol–water partition coefficient (Wildman–Crippen LogP) is 4.22. The van der Waals surface area contributed by atoms with Gasteiger partial charge in [0.2, 0.25) is 5.95 Å². The molecule has 0 aliphatic heterocycles. The first kappa shape index (κ1) is 18.6. The van der Waals surface area contributed by atoms with Gasteiger partial charge in [-0.15, -0.1) is 0 Å². The smallest absolute Gasteiger partial charge is 0.251 e. The van der Waals surface area contributed by atoms with Crippen LogP contribution in [0, 0.1) is 5.92 Å². The van der Waals surface area contributed by atoms with Crippen LogP contribution >= 0.6 is 0 Å². The molecule has 146 valence electrons. The lowest BCUT2D eigenvalue weighted by atomic mass is 10.0. The molecule has 4 aromatic rings. The third-order valence-electron chi connectivity index (χ3n) is 4.60. The molecule has 0 aliphatic carbocycles. The number of aromatic amines is 1. The number of fused-ring (bicyclic) bond motifs is 1. The van der Waals surface area contributed by atoms with Crippen molar-refractivity contribution < 1.29 is 4.79 Å². The largest absolute Gasteiger partial charge is 0.342 e. The summed E-state index contributed by atoms with van der Waals surface area (Å²) in [6, 6.07) is 16.6. The zero-order chi connectivity index (χ0) is 20.2. The highest BCUT2D eigenvalue weighted by atomic mass is 16.1. The summed E-state index contributed by atoms with van der Waals surface area (Å²) in [5, 5.41) is 6.21. The van der Waals surface area contributed by atoms with Gasteiger partial charge in [0.25, 0.3) is 5.91 Å². The van der Waals surface area contributed by atoms with Crippen molar-refractivity contribution in [2.45, 2.75) is 19.9 Å². The van der Waals surface area contributed by atoms with Gasteiger partial charge < -0.3 is 15.6 Å². The molecular formula is C22H22N6O. The van der Waals surface area contributed by atoms with E-state index in [0.29, 0.717) is 11.5 Å². The first-order valence-electron chi connectivity index (χ1n) is 9.50. The molecule has 2 aromatic carbocycles. The van der Waals surface area contributed by atoms with Crippen LogP contribution in [0.5, 0.6) is 0 Å². The standard InChI is InChI=1S/C22H22N6O/c1-14(2)19(20-26-17-9-3-4-10-18(17)27-20)28-21(29)15-7-5-8-16(13-15)25-22-23-11-6-12-24-22/h3-14,19H,1-2H3,(H,26,27)(H,28,29)(H,23,24,25)/t19-/m1/s1. The fourth-order valence-corrected chi connectivity index (χ4v) is 3.13. The number of benzene rings is 2. The normalized spacial score (nSPS) is 12.1. The zero-order valence-electron chi connectivity index (χ0n) is 16.3. The third kappa shape index (κ3) is 4.24. The van der Waals surface area contributed by atoms with Gasteiger partial charge in [0.05, 0.1) is 17.1 Å². The van der Waals surface area contributed by atoms with Crippen LogP contribution in [0.25, 0.3) is 11.0 Å². The monoisotopic (exact) mass is 386 g/mol. The number of carbonyl (C=O) groups excluding carboxylic acids is 1. The summed E-state index contributed by atoms with van der Waals surface area (Å²) in [6.07, 6.45) is 3.32. The van der Waals surface area contributed by atoms with Gasteiger partial charge in [-0.05, 0) is 42.3 Å². The molecule has 3 N–H and O–H groups in total. The van der Waals surface area contributed by atoms with Crippen molar-refractivity contribution in [3.05, 3.63) is 78.4 Å². The molecular weight excluding hydrogens is 364 g/mol. The van der Waals surface area contributed by atoms with E-state index in [1.54, 1.807) is 30.6 Å². The van der Waals surface area contributed by atoms with Gasteiger partial charge >= 0.3 is 0 Å². The van der Waals surface area contributed by atoms with E-state index in [1.165, 1.54) is 0 Å². The van der Waals surface area contributed by atoms with Crippen LogP contribution in [0.4, 0.5) is 11.6 Å². The molecule has 0 saturated heterocycles. The molecule has 29 heavy (non-hydrogen) atoms. The minimum atomic E-state index is -0.232. The van der Waals surface area contributed by atoms with Crippen molar-refractivity contribution in [1.82, 2.24) is 25.3 Å². The van der Waals surface area contributed by atoms with Crippen molar-refractivity contribution in [3.8, 4) is 0 Å². The summed E-state index contributed by atoms with van der Waals surface area (Å²) in [6.45, 7) is 4.12. The lowest BCUT2D eigenvalue weighted by Crippen LogP contribution is -2.32. The number of nitrogens with one attached hydrogen (secondary N) is 3. The van der Waals surface area contributed by atoms with Crippen molar-refractivity contribution >= 4 is 28.6 Å². The molecule has 2 heterocycles. The molecule has 0 radical (unpaired) electrons. The van der Waals surface area contributed by atoms with E-state index in [2.05, 4.69) is 44.4 Å². The number of hydrogen-bond donors (Lipinski definition) is 3. The molecule has 4 rings (SSSR count). The zero-order valence-corrected chi connectivity index (χ0v) is 16.3. The Labute approximate surface area is 168 Å². The maximum absolute atomic E-state index is 12.9. The SMILES string of the molecule is CC(C)[C@@H](NC(=O)c1cccc(Nc2ncccn2)c1)c1nc2ccccc2[nH]1. The second-order valence-electron chi connectivity index (χ2n) is 7.11. The molecule has 0 aliphatic rings. The van der Waals surface area contributed by atoms with Gasteiger partial charge in [0, 0.05) is 23.6 Å². The quantitative estimate of drug-likeness (QED) is 0.461. The molecule has 7 heteroatoms. The molecule has 0 bridgehead atoms. The Morgan fingerprint density at radius 1 is 1.00 bits per heavy atom. The van der Waals surface area contributed by atoms with Gasteiger partial charge in [-0.25, -0.2) is 15.0 Å². The van der Waals surface area contributed by atoms with Crippen LogP contribution in [0.3, 0.4) is 0 Å². The van der Waals surface area contributed by atoms with Gasteiger partial charge in [-0.2, -0.15) is 0 Å². The molecule has 7 nitrogen and oxygen atoms in total. The summed E-state index contributed by atoms with van der Waals surface area (Å²) in [7, 11) is 0. The summed E-state index contributed by atoms with van der Waals surface area (Å²) in [5.74, 6) is 1.23. The number of H-pyrrole nitrogens is 1. The fourth-order valence-electron chi connectivity index (χ4n) is 3.13. The minimum absolute atomic E-state index is 0.165. The molecule has 0 spiro atoms. The first-order valence-corrected chi connectivity index (χ1v) is 9.50. The average Bonchev–Trinajstić information content (AvgIpc) is 3.16. The van der Waals surface area contributed by atoms with Crippen LogP contribution in [-0.2, 0) is 0 Å². The Kier molecular flexibility index (Phi) is 5.20. The number of para-hydroxylation sites is 2. The van der Waals surface area contributed by atoms with E-state index in [0.717, 1.165) is 22.5 Å². The summed E-state index contributed by atoms with van der Waals surface area (Å²) >= 11 is 0. The number of anilines is 2. The first-order chi connectivity index (χ1) is 14.1. The predicted molar refractivity (Wildman–Crippen MR) is 113 cm³/mol. The highest BCUT2D eigenvalue weighted by Crippen LogP contribution is 2.23. The number of imidazole rings is 1. The van der Waals surface area contributed by atoms with E-state index in [1.807, 2.05) is 36.4 Å². The van der Waals surface area contributed by atoms with E-state index < -0.39 is 0 Å². The van der Waals surface area contributed by atoms with Gasteiger partial charge in [0.15, 0.2) is 0 Å². The Bertz CT molecular complexity index is 1090. The van der Waals surface area contributed by atoms with Crippen molar-refractivity contribution in [3.63, 3.8) is 0 Å². The number of rotatable bonds is 6. The second kappa shape index (κ2) is 8.10. The molecule has 1 amide bonds.